The van der Waals surface area contributed by atoms with Crippen LogP contribution in [0.15, 0.2) is 58.2 Å². The number of pyridine rings is 1. The number of nitrogens with one attached hydrogen (secondary N) is 2. The Balaban J connectivity index is 1.42. The number of methoxy groups -OCH3 is 1. The van der Waals surface area contributed by atoms with E-state index in [1.165, 1.54) is 24.7 Å². The quantitative estimate of drug-likeness (QED) is 0.312. The highest BCUT2D eigenvalue weighted by molar-refractivity contribution is 7.89. The average molecular weight is 566 g/mol. The number of nitrogens with zero attached hydrogens (tertiary/aromatic N) is 3. The van der Waals surface area contributed by atoms with E-state index in [-0.39, 0.29) is 34.8 Å². The molecule has 210 valence electrons. The summed E-state index contributed by atoms with van der Waals surface area (Å²) < 4.78 is 36.2. The number of likely N-dealkylation sites (tertiary alicyclic amines) is 1. The van der Waals surface area contributed by atoms with Gasteiger partial charge in [0.15, 0.2) is 0 Å². The smallest absolute Gasteiger partial charge is 0.328 e. The highest BCUT2D eigenvalue weighted by atomic mass is 32.2. The molecule has 0 unspecified atom stereocenters. The van der Waals surface area contributed by atoms with Crippen molar-refractivity contribution in [2.45, 2.75) is 44.2 Å². The molecule has 12 heteroatoms. The maximum absolute atomic E-state index is 13.4. The number of aromatic nitrogens is 3. The van der Waals surface area contributed by atoms with Crippen molar-refractivity contribution in [2.24, 2.45) is 0 Å². The van der Waals surface area contributed by atoms with Gasteiger partial charge in [0.1, 0.15) is 10.6 Å². The monoisotopic (exact) mass is 565 g/mol. The SMILES string of the molecule is COc1cc(-c2cc(C)nc3ccccc23)ccc1S(=O)(=O)NCc1c(O)[nH]c(=O)n1C1CCN(C(C)=O)CC1. The number of aryl methyl sites for hydroxylation is 1. The van der Waals surface area contributed by atoms with Gasteiger partial charge in [0, 0.05) is 37.1 Å². The minimum Gasteiger partial charge on any atom is -0.495 e. The molecule has 0 aliphatic carbocycles. The van der Waals surface area contributed by atoms with E-state index in [4.69, 9.17) is 4.74 Å². The number of H-pyrrole nitrogens is 1. The van der Waals surface area contributed by atoms with Gasteiger partial charge in [-0.05, 0) is 55.2 Å². The molecule has 1 fully saturated rings. The Kier molecular flexibility index (Phi) is 7.39. The van der Waals surface area contributed by atoms with Crippen LogP contribution in [0.3, 0.4) is 0 Å². The lowest BCUT2D eigenvalue weighted by molar-refractivity contribution is -0.130. The van der Waals surface area contributed by atoms with Crippen LogP contribution >= 0.6 is 0 Å². The molecule has 0 bridgehead atoms. The van der Waals surface area contributed by atoms with Gasteiger partial charge in [0.05, 0.1) is 24.9 Å². The third-order valence-corrected chi connectivity index (χ3v) is 8.76. The van der Waals surface area contributed by atoms with E-state index in [0.717, 1.165) is 27.7 Å². The maximum Gasteiger partial charge on any atom is 0.328 e. The second-order valence-corrected chi connectivity index (χ2v) is 11.6. The topological polar surface area (TPSA) is 147 Å². The van der Waals surface area contributed by atoms with Gasteiger partial charge in [-0.1, -0.05) is 24.3 Å². The van der Waals surface area contributed by atoms with Crippen molar-refractivity contribution in [1.29, 1.82) is 0 Å². The lowest BCUT2D eigenvalue weighted by atomic mass is 10.00. The molecule has 11 nitrogen and oxygen atoms in total. The summed E-state index contributed by atoms with van der Waals surface area (Å²) in [5, 5.41) is 11.3. The van der Waals surface area contributed by atoms with Crippen LogP contribution < -0.4 is 15.1 Å². The predicted octanol–water partition coefficient (Wildman–Crippen LogP) is 3.08. The molecule has 3 N–H and O–H groups in total. The molecule has 0 spiro atoms. The first-order valence-electron chi connectivity index (χ1n) is 12.9. The Morgan fingerprint density at radius 3 is 2.60 bits per heavy atom. The third-order valence-electron chi connectivity index (χ3n) is 7.32. The number of carbonyl (C=O) groups is 1. The molecule has 2 aromatic carbocycles. The number of benzene rings is 2. The number of hydrogen-bond acceptors (Lipinski definition) is 7. The van der Waals surface area contributed by atoms with Crippen molar-refractivity contribution < 1.29 is 23.1 Å². The van der Waals surface area contributed by atoms with Crippen LogP contribution in [0.2, 0.25) is 0 Å². The largest absolute Gasteiger partial charge is 0.495 e. The van der Waals surface area contributed by atoms with Gasteiger partial charge in [-0.25, -0.2) is 17.9 Å². The zero-order chi connectivity index (χ0) is 28.6. The summed E-state index contributed by atoms with van der Waals surface area (Å²) in [6, 6.07) is 14.2. The van der Waals surface area contributed by atoms with E-state index in [2.05, 4.69) is 14.7 Å². The van der Waals surface area contributed by atoms with Crippen molar-refractivity contribution in [3.8, 4) is 22.8 Å². The Morgan fingerprint density at radius 1 is 1.18 bits per heavy atom. The number of carbonyl (C=O) groups excluding carboxylic acids is 1. The molecule has 0 atom stereocenters. The Labute approximate surface area is 231 Å². The lowest BCUT2D eigenvalue weighted by Gasteiger charge is -2.32. The fraction of sp³-hybridized carbons (Fsp3) is 0.321. The van der Waals surface area contributed by atoms with Crippen LogP contribution in [0.5, 0.6) is 11.6 Å². The Hall–Kier alpha value is -4.16. The number of rotatable bonds is 7. The van der Waals surface area contributed by atoms with Gasteiger partial charge in [0.2, 0.25) is 21.8 Å². The highest BCUT2D eigenvalue weighted by Gasteiger charge is 2.28. The van der Waals surface area contributed by atoms with Gasteiger partial charge in [-0.3, -0.25) is 19.3 Å². The molecule has 1 aliphatic rings. The second-order valence-electron chi connectivity index (χ2n) is 9.85. The second kappa shape index (κ2) is 10.8. The standard InChI is InChI=1S/C28H31N5O6S/c1-17-14-22(21-6-4-5-7-23(21)30-17)19-8-9-26(25(15-19)39-3)40(37,38)29-16-24-27(35)31-28(36)33(24)20-10-12-32(13-11-20)18(2)34/h4-9,14-15,20,29,35H,10-13,16H2,1-3H3,(H,31,36). The van der Waals surface area contributed by atoms with E-state index in [9.17, 15) is 23.1 Å². The third kappa shape index (κ3) is 5.19. The molecule has 0 saturated carbocycles. The van der Waals surface area contributed by atoms with E-state index in [0.29, 0.717) is 25.9 Å². The van der Waals surface area contributed by atoms with Crippen LogP contribution in [0.4, 0.5) is 0 Å². The van der Waals surface area contributed by atoms with Crippen molar-refractivity contribution in [1.82, 2.24) is 24.2 Å². The minimum absolute atomic E-state index is 0.0390. The van der Waals surface area contributed by atoms with Crippen LogP contribution in [0.25, 0.3) is 22.0 Å². The molecule has 1 saturated heterocycles. The number of piperidine rings is 1. The first kappa shape index (κ1) is 27.4. The highest BCUT2D eigenvalue weighted by Crippen LogP contribution is 2.34. The molecule has 3 heterocycles. The number of aromatic amines is 1. The molecule has 4 aromatic rings. The van der Waals surface area contributed by atoms with Crippen LogP contribution in [-0.4, -0.2) is 59.1 Å². The van der Waals surface area contributed by atoms with Gasteiger partial charge in [-0.2, -0.15) is 0 Å². The number of hydrogen-bond donors (Lipinski definition) is 3. The lowest BCUT2D eigenvalue weighted by Crippen LogP contribution is -2.40. The van der Waals surface area contributed by atoms with Gasteiger partial charge < -0.3 is 14.7 Å². The molecule has 1 amide bonds. The molecule has 5 rings (SSSR count). The zero-order valence-electron chi connectivity index (χ0n) is 22.5. The number of sulfonamides is 1. The summed E-state index contributed by atoms with van der Waals surface area (Å²) in [6.07, 6.45) is 1.02. The van der Waals surface area contributed by atoms with E-state index in [1.54, 1.807) is 17.0 Å². The maximum atomic E-state index is 13.4. The van der Waals surface area contributed by atoms with Crippen molar-refractivity contribution in [3.63, 3.8) is 0 Å². The summed E-state index contributed by atoms with van der Waals surface area (Å²) in [5.41, 5.74) is 2.93. The van der Waals surface area contributed by atoms with Crippen molar-refractivity contribution in [2.75, 3.05) is 20.2 Å². The first-order valence-corrected chi connectivity index (χ1v) is 14.4. The summed E-state index contributed by atoms with van der Waals surface area (Å²) in [7, 11) is -2.71. The Bertz CT molecular complexity index is 1750. The van der Waals surface area contributed by atoms with Crippen LogP contribution in [0, 0.1) is 6.92 Å². The first-order chi connectivity index (χ1) is 19.1. The van der Waals surface area contributed by atoms with Gasteiger partial charge >= 0.3 is 5.69 Å². The number of ether oxygens (including phenoxy) is 1. The fourth-order valence-electron chi connectivity index (χ4n) is 5.31. The molecule has 0 radical (unpaired) electrons. The number of fused-ring (bicyclic) bond motifs is 1. The van der Waals surface area contributed by atoms with Gasteiger partial charge in [-0.15, -0.1) is 0 Å². The van der Waals surface area contributed by atoms with E-state index < -0.39 is 21.6 Å². The van der Waals surface area contributed by atoms with Crippen LogP contribution in [0.1, 0.15) is 37.2 Å². The van der Waals surface area contributed by atoms with Crippen LogP contribution in [-0.2, 0) is 21.4 Å². The molecular formula is C28H31N5O6S. The van der Waals surface area contributed by atoms with E-state index >= 15 is 0 Å². The fourth-order valence-corrected chi connectivity index (χ4v) is 6.45. The average Bonchev–Trinajstić information content (AvgIpc) is 3.23. The van der Waals surface area contributed by atoms with Crippen molar-refractivity contribution >= 4 is 26.8 Å². The van der Waals surface area contributed by atoms with E-state index in [1.807, 2.05) is 37.3 Å². The minimum atomic E-state index is -4.11. The number of imidazole rings is 1. The summed E-state index contributed by atoms with van der Waals surface area (Å²) in [4.78, 5) is 32.9. The molecule has 1 aliphatic heterocycles. The Morgan fingerprint density at radius 2 is 1.90 bits per heavy atom. The normalized spacial score (nSPS) is 14.5. The molecule has 2 aromatic heterocycles. The van der Waals surface area contributed by atoms with Crippen molar-refractivity contribution in [3.05, 3.63) is 70.4 Å². The number of amides is 1. The summed E-state index contributed by atoms with van der Waals surface area (Å²) in [6.45, 7) is 4.02. The zero-order valence-corrected chi connectivity index (χ0v) is 23.3. The molecular weight excluding hydrogens is 534 g/mol. The number of para-hydroxylation sites is 1. The number of aromatic hydroxyl groups is 1. The summed E-state index contributed by atoms with van der Waals surface area (Å²) in [5.74, 6) is -0.289. The van der Waals surface area contributed by atoms with Gasteiger partial charge in [0.25, 0.3) is 0 Å². The molecule has 40 heavy (non-hydrogen) atoms. The predicted molar refractivity (Wildman–Crippen MR) is 150 cm³/mol. The summed E-state index contributed by atoms with van der Waals surface area (Å²) >= 11 is 0.